The Balaban J connectivity index is 1.78. The lowest BCUT2D eigenvalue weighted by atomic mass is 10.1. The minimum absolute atomic E-state index is 0.00874. The summed E-state index contributed by atoms with van der Waals surface area (Å²) in [5, 5.41) is 18.3. The number of hydrogen-bond acceptors (Lipinski definition) is 7. The van der Waals surface area contributed by atoms with Crippen LogP contribution in [-0.2, 0) is 12.5 Å². The summed E-state index contributed by atoms with van der Waals surface area (Å²) in [5.41, 5.74) is -0.750. The van der Waals surface area contributed by atoms with Crippen LogP contribution in [0.2, 0.25) is 15.1 Å². The lowest BCUT2D eigenvalue weighted by molar-refractivity contribution is -0.293. The van der Waals surface area contributed by atoms with Gasteiger partial charge in [-0.3, -0.25) is 9.59 Å². The number of benzene rings is 1. The number of anilines is 1. The Bertz CT molecular complexity index is 1660. The summed E-state index contributed by atoms with van der Waals surface area (Å²) in [6, 6.07) is 6.24. The summed E-state index contributed by atoms with van der Waals surface area (Å²) >= 11 is 18.6. The minimum atomic E-state index is -5.98. The summed E-state index contributed by atoms with van der Waals surface area (Å²) < 4.78 is 68.1. The maximum atomic E-state index is 14.0. The van der Waals surface area contributed by atoms with Crippen molar-refractivity contribution in [2.75, 3.05) is 5.32 Å². The minimum Gasteiger partial charge on any atom is -0.350 e. The Hall–Kier alpha value is -3.89. The van der Waals surface area contributed by atoms with Crippen molar-refractivity contribution in [1.29, 1.82) is 0 Å². The smallest absolute Gasteiger partial charge is 0.350 e. The molecule has 0 unspecified atom stereocenters. The van der Waals surface area contributed by atoms with Gasteiger partial charge >= 0.3 is 12.1 Å². The molecule has 0 aliphatic carbocycles. The van der Waals surface area contributed by atoms with E-state index < -0.39 is 36.3 Å². The third-order valence-corrected chi connectivity index (χ3v) is 6.18. The normalized spacial score (nSPS) is 12.1. The fraction of sp³-hybridized carbons (Fsp3) is 0.261. The van der Waals surface area contributed by atoms with E-state index in [1.807, 2.05) is 0 Å². The van der Waals surface area contributed by atoms with Gasteiger partial charge in [-0.1, -0.05) is 34.8 Å². The second kappa shape index (κ2) is 11.8. The van der Waals surface area contributed by atoms with Gasteiger partial charge in [0.25, 0.3) is 11.8 Å². The van der Waals surface area contributed by atoms with Gasteiger partial charge in [-0.05, 0) is 54.6 Å². The molecule has 4 aromatic rings. The fourth-order valence-corrected chi connectivity index (χ4v) is 4.32. The molecule has 2 N–H and O–H groups in total. The lowest BCUT2D eigenvalue weighted by Gasteiger charge is -2.18. The number of nitrogens with zero attached hydrogens (tertiary/aromatic N) is 7. The van der Waals surface area contributed by atoms with E-state index in [1.54, 1.807) is 13.8 Å². The summed E-state index contributed by atoms with van der Waals surface area (Å²) in [6.07, 6.45) is -4.67. The quantitative estimate of drug-likeness (QED) is 0.247. The van der Waals surface area contributed by atoms with Crippen LogP contribution < -0.4 is 10.6 Å². The van der Waals surface area contributed by atoms with Crippen LogP contribution in [-0.4, -0.2) is 59.0 Å². The molecule has 42 heavy (non-hydrogen) atoms. The first-order valence-electron chi connectivity index (χ1n) is 11.6. The molecule has 0 saturated heterocycles. The Morgan fingerprint density at radius 2 is 1.74 bits per heavy atom. The predicted molar refractivity (Wildman–Crippen MR) is 140 cm³/mol. The molecule has 19 heteroatoms. The molecular weight excluding hydrogens is 636 g/mol. The van der Waals surface area contributed by atoms with Crippen LogP contribution in [0.15, 0.2) is 36.5 Å². The van der Waals surface area contributed by atoms with Gasteiger partial charge in [0.1, 0.15) is 5.69 Å². The fourth-order valence-electron chi connectivity index (χ4n) is 3.58. The summed E-state index contributed by atoms with van der Waals surface area (Å²) in [4.78, 5) is 30.4. The van der Waals surface area contributed by atoms with Gasteiger partial charge in [-0.2, -0.15) is 27.1 Å². The monoisotopic (exact) mass is 651 g/mol. The third kappa shape index (κ3) is 6.29. The molecule has 0 saturated carbocycles. The average molecular weight is 653 g/mol. The number of carbonyl (C=O) groups is 2. The Morgan fingerprint density at radius 3 is 2.38 bits per heavy atom. The highest BCUT2D eigenvalue weighted by molar-refractivity contribution is 6.38. The topological polar surface area (TPSA) is 133 Å². The number of hydrogen-bond donors (Lipinski definition) is 2. The summed E-state index contributed by atoms with van der Waals surface area (Å²) in [7, 11) is 0. The largest absolute Gasteiger partial charge is 0.461 e. The standard InChI is InChI=1S/C23H17Cl3F5N9O2/c1-10(2)33-19(41)13-6-11(24)7-15(26)17(13)34-20(42)16-8-12(36-40(16)18-14(25)4-3-5-32-18)9-39-21(35-37-38-39)22(27,28)23(29,30)31/h3-8,10H,9H2,1-2H3,(H,33,41)(H,34,42). The maximum Gasteiger partial charge on any atom is 0.461 e. The highest BCUT2D eigenvalue weighted by Crippen LogP contribution is 2.42. The van der Waals surface area contributed by atoms with Crippen molar-refractivity contribution in [3.63, 3.8) is 0 Å². The second-order valence-electron chi connectivity index (χ2n) is 8.87. The molecule has 0 fully saturated rings. The van der Waals surface area contributed by atoms with Gasteiger partial charge in [0.05, 0.1) is 33.5 Å². The number of rotatable bonds is 8. The van der Waals surface area contributed by atoms with E-state index in [4.69, 9.17) is 34.8 Å². The molecule has 0 bridgehead atoms. The number of nitrogens with one attached hydrogen (secondary N) is 2. The van der Waals surface area contributed by atoms with Crippen LogP contribution in [0.1, 0.15) is 46.2 Å². The van der Waals surface area contributed by atoms with Gasteiger partial charge in [0.2, 0.25) is 5.82 Å². The zero-order valence-electron chi connectivity index (χ0n) is 21.2. The van der Waals surface area contributed by atoms with Crippen molar-refractivity contribution in [3.8, 4) is 5.82 Å². The van der Waals surface area contributed by atoms with Gasteiger partial charge in [-0.15, -0.1) is 5.10 Å². The van der Waals surface area contributed by atoms with Gasteiger partial charge < -0.3 is 10.6 Å². The van der Waals surface area contributed by atoms with E-state index in [0.29, 0.717) is 0 Å². The van der Waals surface area contributed by atoms with Crippen LogP contribution in [0.3, 0.4) is 0 Å². The first kappa shape index (κ1) is 31.1. The van der Waals surface area contributed by atoms with E-state index >= 15 is 0 Å². The van der Waals surface area contributed by atoms with Crippen LogP contribution >= 0.6 is 34.8 Å². The first-order chi connectivity index (χ1) is 19.6. The molecule has 4 rings (SSSR count). The molecule has 3 heterocycles. The molecule has 0 aliphatic heterocycles. The lowest BCUT2D eigenvalue weighted by Crippen LogP contribution is -2.36. The molecule has 3 aromatic heterocycles. The number of halogens is 8. The van der Waals surface area contributed by atoms with E-state index in [-0.39, 0.29) is 54.2 Å². The number of aromatic nitrogens is 7. The molecule has 0 aliphatic rings. The Morgan fingerprint density at radius 1 is 1.02 bits per heavy atom. The van der Waals surface area contributed by atoms with E-state index in [1.165, 1.54) is 30.5 Å². The summed E-state index contributed by atoms with van der Waals surface area (Å²) in [5.74, 6) is -8.81. The number of alkyl halides is 5. The van der Waals surface area contributed by atoms with Crippen molar-refractivity contribution in [2.45, 2.75) is 38.5 Å². The van der Waals surface area contributed by atoms with Gasteiger partial charge in [-0.25, -0.2) is 14.3 Å². The van der Waals surface area contributed by atoms with E-state index in [2.05, 4.69) is 36.2 Å². The highest BCUT2D eigenvalue weighted by Gasteiger charge is 2.62. The molecule has 0 atom stereocenters. The van der Waals surface area contributed by atoms with Crippen molar-refractivity contribution in [2.24, 2.45) is 0 Å². The molecule has 1 aromatic carbocycles. The van der Waals surface area contributed by atoms with E-state index in [0.717, 1.165) is 10.7 Å². The number of pyridine rings is 1. The third-order valence-electron chi connectivity index (χ3n) is 5.37. The highest BCUT2D eigenvalue weighted by atomic mass is 35.5. The number of tetrazole rings is 1. The van der Waals surface area contributed by atoms with Gasteiger partial charge in [0.15, 0.2) is 5.82 Å². The van der Waals surface area contributed by atoms with E-state index in [9.17, 15) is 31.5 Å². The van der Waals surface area contributed by atoms with Crippen molar-refractivity contribution in [3.05, 3.63) is 74.4 Å². The van der Waals surface area contributed by atoms with Crippen LogP contribution in [0.25, 0.3) is 5.82 Å². The molecule has 0 radical (unpaired) electrons. The van der Waals surface area contributed by atoms with Crippen molar-refractivity contribution < 1.29 is 31.5 Å². The first-order valence-corrected chi connectivity index (χ1v) is 12.8. The number of carbonyl (C=O) groups excluding carboxylic acids is 2. The van der Waals surface area contributed by atoms with Gasteiger partial charge in [0, 0.05) is 17.3 Å². The van der Waals surface area contributed by atoms with Crippen molar-refractivity contribution >= 4 is 52.3 Å². The number of amides is 2. The summed E-state index contributed by atoms with van der Waals surface area (Å²) in [6.45, 7) is 2.61. The predicted octanol–water partition coefficient (Wildman–Crippen LogP) is 5.31. The van der Waals surface area contributed by atoms with Crippen LogP contribution in [0, 0.1) is 0 Å². The van der Waals surface area contributed by atoms with Crippen LogP contribution in [0.5, 0.6) is 0 Å². The van der Waals surface area contributed by atoms with Crippen molar-refractivity contribution in [1.82, 2.24) is 40.3 Å². The second-order valence-corrected chi connectivity index (χ2v) is 10.1. The molecule has 0 spiro atoms. The zero-order valence-corrected chi connectivity index (χ0v) is 23.5. The average Bonchev–Trinajstić information content (AvgIpc) is 3.52. The zero-order chi connectivity index (χ0) is 31.0. The Labute approximate surface area is 247 Å². The maximum absolute atomic E-state index is 14.0. The van der Waals surface area contributed by atoms with Crippen LogP contribution in [0.4, 0.5) is 27.6 Å². The SMILES string of the molecule is CC(C)NC(=O)c1cc(Cl)cc(Cl)c1NC(=O)c1cc(Cn2nnnc2C(F)(F)C(F)(F)F)nn1-c1ncccc1Cl. The molecular formula is C23H17Cl3F5N9O2. The molecule has 2 amide bonds. The molecule has 11 nitrogen and oxygen atoms in total. The molecule has 222 valence electrons. The Kier molecular flexibility index (Phi) is 8.71.